The van der Waals surface area contributed by atoms with E-state index in [9.17, 15) is 9.59 Å². The van der Waals surface area contributed by atoms with Crippen molar-refractivity contribution in [3.63, 3.8) is 0 Å². The molecule has 6 nitrogen and oxygen atoms in total. The number of nitrogens with one attached hydrogen (secondary N) is 2. The SMILES string of the molecule is CC[NH+](CC)Cc1ccccc1CNC(=O)COc1ccccc1C(N)=O. The van der Waals surface area contributed by atoms with Gasteiger partial charge in [0.05, 0.1) is 18.7 Å². The van der Waals surface area contributed by atoms with Gasteiger partial charge in [0.15, 0.2) is 6.61 Å². The zero-order chi connectivity index (χ0) is 19.6. The second-order valence-electron chi connectivity index (χ2n) is 6.33. The van der Waals surface area contributed by atoms with E-state index in [0.29, 0.717) is 12.3 Å². The van der Waals surface area contributed by atoms with Crippen molar-refractivity contribution in [2.45, 2.75) is 26.9 Å². The number of rotatable bonds is 10. The molecule has 0 bridgehead atoms. The van der Waals surface area contributed by atoms with Crippen LogP contribution in [-0.2, 0) is 17.9 Å². The normalized spacial score (nSPS) is 10.6. The van der Waals surface area contributed by atoms with Crippen LogP contribution in [0.15, 0.2) is 48.5 Å². The molecule has 144 valence electrons. The number of carbonyl (C=O) groups is 2. The van der Waals surface area contributed by atoms with Crippen LogP contribution in [0.1, 0.15) is 35.3 Å². The molecule has 0 aliphatic carbocycles. The topological polar surface area (TPSA) is 85.9 Å². The van der Waals surface area contributed by atoms with E-state index in [1.807, 2.05) is 18.2 Å². The predicted molar refractivity (Wildman–Crippen MR) is 104 cm³/mol. The van der Waals surface area contributed by atoms with Gasteiger partial charge in [-0.15, -0.1) is 0 Å². The Morgan fingerprint density at radius 2 is 1.63 bits per heavy atom. The highest BCUT2D eigenvalue weighted by Crippen LogP contribution is 2.16. The van der Waals surface area contributed by atoms with Crippen molar-refractivity contribution in [1.29, 1.82) is 0 Å². The Balaban J connectivity index is 1.92. The number of benzene rings is 2. The van der Waals surface area contributed by atoms with E-state index < -0.39 is 5.91 Å². The highest BCUT2D eigenvalue weighted by Gasteiger charge is 2.12. The van der Waals surface area contributed by atoms with Gasteiger partial charge in [-0.1, -0.05) is 36.4 Å². The lowest BCUT2D eigenvalue weighted by atomic mass is 10.1. The van der Waals surface area contributed by atoms with Crippen LogP contribution in [-0.4, -0.2) is 31.5 Å². The third-order valence-electron chi connectivity index (χ3n) is 4.55. The Hall–Kier alpha value is -2.86. The fraction of sp³-hybridized carbons (Fsp3) is 0.333. The second-order valence-corrected chi connectivity index (χ2v) is 6.33. The van der Waals surface area contributed by atoms with E-state index in [-0.39, 0.29) is 18.1 Å². The molecule has 0 spiro atoms. The molecule has 0 saturated carbocycles. The van der Waals surface area contributed by atoms with Crippen molar-refractivity contribution < 1.29 is 19.2 Å². The van der Waals surface area contributed by atoms with Crippen LogP contribution in [0.25, 0.3) is 0 Å². The molecule has 0 unspecified atom stereocenters. The number of amides is 2. The van der Waals surface area contributed by atoms with Gasteiger partial charge in [0.1, 0.15) is 12.3 Å². The number of para-hydroxylation sites is 1. The first-order chi connectivity index (χ1) is 13.0. The number of quaternary nitrogens is 1. The molecule has 2 amide bonds. The third-order valence-corrected chi connectivity index (χ3v) is 4.55. The van der Waals surface area contributed by atoms with Crippen LogP contribution in [0, 0.1) is 0 Å². The summed E-state index contributed by atoms with van der Waals surface area (Å²) in [5, 5.41) is 2.88. The molecule has 2 aromatic carbocycles. The largest absolute Gasteiger partial charge is 0.483 e. The summed E-state index contributed by atoms with van der Waals surface area (Å²) in [5.41, 5.74) is 7.91. The highest BCUT2D eigenvalue weighted by molar-refractivity contribution is 5.95. The predicted octanol–water partition coefficient (Wildman–Crippen LogP) is 0.905. The van der Waals surface area contributed by atoms with Crippen LogP contribution in [0.3, 0.4) is 0 Å². The first-order valence-corrected chi connectivity index (χ1v) is 9.23. The smallest absolute Gasteiger partial charge is 0.258 e. The number of ether oxygens (including phenoxy) is 1. The van der Waals surface area contributed by atoms with Crippen molar-refractivity contribution in [2.24, 2.45) is 5.73 Å². The van der Waals surface area contributed by atoms with E-state index in [1.165, 1.54) is 10.5 Å². The third kappa shape index (κ3) is 6.11. The number of primary amides is 1. The van der Waals surface area contributed by atoms with Gasteiger partial charge in [-0.25, -0.2) is 0 Å². The van der Waals surface area contributed by atoms with Crippen LogP contribution >= 0.6 is 0 Å². The van der Waals surface area contributed by atoms with Crippen LogP contribution in [0.2, 0.25) is 0 Å². The maximum absolute atomic E-state index is 12.2. The number of carbonyl (C=O) groups excluding carboxylic acids is 2. The Bertz CT molecular complexity index is 773. The Kier molecular flexibility index (Phi) is 7.82. The molecule has 4 N–H and O–H groups in total. The van der Waals surface area contributed by atoms with Crippen molar-refractivity contribution >= 4 is 11.8 Å². The summed E-state index contributed by atoms with van der Waals surface area (Å²) in [5.74, 6) is -0.524. The molecular weight excluding hydrogens is 342 g/mol. The molecular formula is C21H28N3O3+. The first-order valence-electron chi connectivity index (χ1n) is 9.23. The van der Waals surface area contributed by atoms with Crippen LogP contribution in [0.5, 0.6) is 5.75 Å². The summed E-state index contributed by atoms with van der Waals surface area (Å²) in [6, 6.07) is 14.7. The van der Waals surface area contributed by atoms with Gasteiger partial charge < -0.3 is 20.7 Å². The fourth-order valence-corrected chi connectivity index (χ4v) is 2.86. The monoisotopic (exact) mass is 370 g/mol. The van der Waals surface area contributed by atoms with Crippen molar-refractivity contribution in [3.8, 4) is 5.75 Å². The minimum absolute atomic E-state index is 0.173. The van der Waals surface area contributed by atoms with Crippen LogP contribution in [0.4, 0.5) is 0 Å². The van der Waals surface area contributed by atoms with Crippen molar-refractivity contribution in [2.75, 3.05) is 19.7 Å². The van der Waals surface area contributed by atoms with Crippen LogP contribution < -0.4 is 20.7 Å². The number of nitrogens with two attached hydrogens (primary N) is 1. The Labute approximate surface area is 160 Å². The average Bonchev–Trinajstić information content (AvgIpc) is 2.69. The second kappa shape index (κ2) is 10.3. The summed E-state index contributed by atoms with van der Waals surface area (Å²) in [7, 11) is 0. The van der Waals surface area contributed by atoms with E-state index in [4.69, 9.17) is 10.5 Å². The van der Waals surface area contributed by atoms with E-state index in [2.05, 4.69) is 25.2 Å². The fourth-order valence-electron chi connectivity index (χ4n) is 2.86. The quantitative estimate of drug-likeness (QED) is 0.581. The molecule has 0 aromatic heterocycles. The Morgan fingerprint density at radius 1 is 1.00 bits per heavy atom. The van der Waals surface area contributed by atoms with Crippen molar-refractivity contribution in [1.82, 2.24) is 5.32 Å². The minimum atomic E-state index is -0.584. The zero-order valence-electron chi connectivity index (χ0n) is 16.0. The number of hydrogen-bond acceptors (Lipinski definition) is 3. The summed E-state index contributed by atoms with van der Waals surface area (Å²) in [6.07, 6.45) is 0. The number of hydrogen-bond donors (Lipinski definition) is 3. The molecule has 0 atom stereocenters. The lowest BCUT2D eigenvalue weighted by molar-refractivity contribution is -0.910. The lowest BCUT2D eigenvalue weighted by Gasteiger charge is -2.18. The van der Waals surface area contributed by atoms with Gasteiger partial charge >= 0.3 is 0 Å². The van der Waals surface area contributed by atoms with Gasteiger partial charge in [0.2, 0.25) is 0 Å². The maximum Gasteiger partial charge on any atom is 0.258 e. The van der Waals surface area contributed by atoms with Gasteiger partial charge in [-0.2, -0.15) is 0 Å². The first kappa shape index (κ1) is 20.5. The highest BCUT2D eigenvalue weighted by atomic mass is 16.5. The summed E-state index contributed by atoms with van der Waals surface area (Å²) in [6.45, 7) is 7.66. The molecule has 2 aromatic rings. The van der Waals surface area contributed by atoms with Gasteiger partial charge in [0.25, 0.3) is 11.8 Å². The van der Waals surface area contributed by atoms with Crippen molar-refractivity contribution in [3.05, 3.63) is 65.2 Å². The Morgan fingerprint density at radius 3 is 2.30 bits per heavy atom. The zero-order valence-corrected chi connectivity index (χ0v) is 16.0. The molecule has 0 aliphatic rings. The summed E-state index contributed by atoms with van der Waals surface area (Å²) in [4.78, 5) is 25.0. The molecule has 0 aliphatic heterocycles. The molecule has 0 fully saturated rings. The van der Waals surface area contributed by atoms with E-state index in [1.54, 1.807) is 24.3 Å². The molecule has 0 saturated heterocycles. The minimum Gasteiger partial charge on any atom is -0.483 e. The molecule has 27 heavy (non-hydrogen) atoms. The average molecular weight is 370 g/mol. The van der Waals surface area contributed by atoms with Gasteiger partial charge in [0, 0.05) is 12.1 Å². The maximum atomic E-state index is 12.2. The van der Waals surface area contributed by atoms with Gasteiger partial charge in [-0.3, -0.25) is 9.59 Å². The molecule has 6 heteroatoms. The molecule has 0 heterocycles. The molecule has 2 rings (SSSR count). The molecule has 0 radical (unpaired) electrons. The summed E-state index contributed by atoms with van der Waals surface area (Å²) >= 11 is 0. The van der Waals surface area contributed by atoms with E-state index in [0.717, 1.165) is 25.2 Å². The lowest BCUT2D eigenvalue weighted by Crippen LogP contribution is -3.10. The summed E-state index contributed by atoms with van der Waals surface area (Å²) < 4.78 is 5.46. The standard InChI is InChI=1S/C21H27N3O3/c1-3-24(4-2)14-17-10-6-5-9-16(17)13-23-20(25)15-27-19-12-8-7-11-18(19)21(22)26/h5-12H,3-4,13-15H2,1-2H3,(H2,22,26)(H,23,25)/p+1. The van der Waals surface area contributed by atoms with E-state index >= 15 is 0 Å². The van der Waals surface area contributed by atoms with Gasteiger partial charge in [-0.05, 0) is 31.5 Å².